The van der Waals surface area contributed by atoms with Crippen molar-refractivity contribution in [3.8, 4) is 11.1 Å². The predicted octanol–water partition coefficient (Wildman–Crippen LogP) is 10.7. The minimum Gasteiger partial charge on any atom is -0.0870 e. The Hall–Kier alpha value is -2.60. The molecule has 3 aromatic carbocycles. The van der Waals surface area contributed by atoms with Crippen LogP contribution in [-0.4, -0.2) is 0 Å². The van der Waals surface area contributed by atoms with Crippen LogP contribution < -0.4 is 0 Å². The summed E-state index contributed by atoms with van der Waals surface area (Å²) in [6.07, 6.45) is 4.53. The van der Waals surface area contributed by atoms with Crippen LogP contribution in [0.5, 0.6) is 0 Å². The van der Waals surface area contributed by atoms with Gasteiger partial charge in [-0.05, 0) is 69.6 Å². The summed E-state index contributed by atoms with van der Waals surface area (Å²) in [5.41, 5.74) is 11.7. The van der Waals surface area contributed by atoms with Crippen LogP contribution in [0.1, 0.15) is 104 Å². The van der Waals surface area contributed by atoms with E-state index in [1.165, 1.54) is 55.3 Å². The second-order valence-electron chi connectivity index (χ2n) is 8.59. The van der Waals surface area contributed by atoms with Gasteiger partial charge in [-0.15, -0.1) is 0 Å². The number of hydrogen-bond donors (Lipinski definition) is 0. The van der Waals surface area contributed by atoms with Crippen molar-refractivity contribution in [1.29, 1.82) is 0 Å². The molecule has 5 rings (SSSR count). The van der Waals surface area contributed by atoms with Crippen molar-refractivity contribution in [3.05, 3.63) is 88.5 Å². The highest BCUT2D eigenvalue weighted by Crippen LogP contribution is 2.55. The number of benzene rings is 3. The Kier molecular flexibility index (Phi) is 8.89. The van der Waals surface area contributed by atoms with Gasteiger partial charge in [0.2, 0.25) is 0 Å². The van der Waals surface area contributed by atoms with Gasteiger partial charge in [0.1, 0.15) is 0 Å². The van der Waals surface area contributed by atoms with E-state index < -0.39 is 0 Å². The lowest BCUT2D eigenvalue weighted by molar-refractivity contribution is 0.628. The molecule has 0 saturated heterocycles. The van der Waals surface area contributed by atoms with Gasteiger partial charge in [0, 0.05) is 11.3 Å². The van der Waals surface area contributed by atoms with E-state index in [4.69, 9.17) is 0 Å². The van der Waals surface area contributed by atoms with Gasteiger partial charge in [-0.3, -0.25) is 0 Å². The van der Waals surface area contributed by atoms with Crippen molar-refractivity contribution < 1.29 is 0 Å². The SMILES string of the molecule is C/C=C\C1=C(C)C(C)(C)c2cccc3cc4c(c1c23)C(C)c1ccccc1-4.CC.CC.CC. The van der Waals surface area contributed by atoms with Gasteiger partial charge in [-0.1, -0.05) is 123 Å². The van der Waals surface area contributed by atoms with Crippen LogP contribution in [0.3, 0.4) is 0 Å². The van der Waals surface area contributed by atoms with Gasteiger partial charge >= 0.3 is 0 Å². The van der Waals surface area contributed by atoms with Gasteiger partial charge in [-0.25, -0.2) is 0 Å². The highest BCUT2D eigenvalue weighted by atomic mass is 14.4. The Morgan fingerprint density at radius 2 is 1.45 bits per heavy atom. The van der Waals surface area contributed by atoms with Crippen molar-refractivity contribution in [2.75, 3.05) is 0 Å². The summed E-state index contributed by atoms with van der Waals surface area (Å²) < 4.78 is 0. The van der Waals surface area contributed by atoms with E-state index in [2.05, 4.69) is 95.3 Å². The van der Waals surface area contributed by atoms with Crippen LogP contribution in [0.15, 0.2) is 66.3 Å². The molecule has 0 N–H and O–H groups in total. The molecule has 3 aromatic rings. The smallest absolute Gasteiger partial charge is 0.0118 e. The summed E-state index contributed by atoms with van der Waals surface area (Å²) in [7, 11) is 0. The second kappa shape index (κ2) is 11.0. The highest BCUT2D eigenvalue weighted by Gasteiger charge is 2.37. The maximum absolute atomic E-state index is 2.43. The molecule has 0 bridgehead atoms. The molecule has 0 aliphatic heterocycles. The monoisotopic (exact) mass is 440 g/mol. The fourth-order valence-corrected chi connectivity index (χ4v) is 5.32. The topological polar surface area (TPSA) is 0 Å². The molecule has 0 spiro atoms. The van der Waals surface area contributed by atoms with Crippen LogP contribution >= 0.6 is 0 Å². The molecule has 0 fully saturated rings. The first kappa shape index (κ1) is 26.7. The van der Waals surface area contributed by atoms with Gasteiger partial charge in [0.25, 0.3) is 0 Å². The largest absolute Gasteiger partial charge is 0.0870 e. The summed E-state index contributed by atoms with van der Waals surface area (Å²) in [4.78, 5) is 0. The lowest BCUT2D eigenvalue weighted by Crippen LogP contribution is -2.24. The zero-order chi connectivity index (χ0) is 24.9. The van der Waals surface area contributed by atoms with Crippen molar-refractivity contribution >= 4 is 16.3 Å². The minimum absolute atomic E-state index is 0.0459. The molecule has 2 aliphatic rings. The fourth-order valence-electron chi connectivity index (χ4n) is 5.32. The average molecular weight is 441 g/mol. The quantitative estimate of drug-likeness (QED) is 0.353. The Bertz CT molecular complexity index is 1170. The Balaban J connectivity index is 0.000000597. The van der Waals surface area contributed by atoms with Gasteiger partial charge < -0.3 is 0 Å². The maximum atomic E-state index is 2.43. The summed E-state index contributed by atoms with van der Waals surface area (Å²) in [5, 5.41) is 2.83. The molecule has 0 saturated carbocycles. The molecule has 0 aromatic heterocycles. The zero-order valence-corrected chi connectivity index (χ0v) is 22.9. The van der Waals surface area contributed by atoms with E-state index in [1.807, 2.05) is 41.5 Å². The number of allylic oxidation sites excluding steroid dienone is 4. The third-order valence-corrected chi connectivity index (χ3v) is 6.97. The van der Waals surface area contributed by atoms with Crippen LogP contribution in [0.2, 0.25) is 0 Å². The predicted molar refractivity (Wildman–Crippen MR) is 151 cm³/mol. The van der Waals surface area contributed by atoms with E-state index in [0.717, 1.165) is 0 Å². The highest BCUT2D eigenvalue weighted by molar-refractivity contribution is 6.08. The molecular formula is C33H44. The van der Waals surface area contributed by atoms with E-state index in [0.29, 0.717) is 5.92 Å². The number of hydrogen-bond acceptors (Lipinski definition) is 0. The van der Waals surface area contributed by atoms with Crippen LogP contribution in [0.4, 0.5) is 0 Å². The average Bonchev–Trinajstić information content (AvgIpc) is 3.15. The molecule has 0 heteroatoms. The fraction of sp³-hybridized carbons (Fsp3) is 0.394. The first-order valence-corrected chi connectivity index (χ1v) is 13.0. The van der Waals surface area contributed by atoms with Crippen LogP contribution in [0.25, 0.3) is 27.5 Å². The number of rotatable bonds is 1. The molecular weight excluding hydrogens is 396 g/mol. The third kappa shape index (κ3) is 4.10. The Labute approximate surface area is 203 Å². The lowest BCUT2D eigenvalue weighted by atomic mass is 9.67. The maximum Gasteiger partial charge on any atom is 0.0118 e. The van der Waals surface area contributed by atoms with Crippen LogP contribution in [0, 0.1) is 0 Å². The molecule has 0 nitrogen and oxygen atoms in total. The van der Waals surface area contributed by atoms with Crippen molar-refractivity contribution in [2.24, 2.45) is 0 Å². The Morgan fingerprint density at radius 3 is 2.09 bits per heavy atom. The first-order chi connectivity index (χ1) is 16.0. The first-order valence-electron chi connectivity index (χ1n) is 13.0. The summed E-state index contributed by atoms with van der Waals surface area (Å²) in [6, 6.07) is 18.2. The lowest BCUT2D eigenvalue weighted by Gasteiger charge is -2.36. The number of fused-ring (bicyclic) bond motifs is 4. The van der Waals surface area contributed by atoms with Crippen molar-refractivity contribution in [2.45, 2.75) is 87.5 Å². The molecule has 176 valence electrons. The van der Waals surface area contributed by atoms with E-state index in [9.17, 15) is 0 Å². The summed E-state index contributed by atoms with van der Waals surface area (Å²) in [6.45, 7) is 23.6. The molecule has 33 heavy (non-hydrogen) atoms. The van der Waals surface area contributed by atoms with Crippen molar-refractivity contribution in [1.82, 2.24) is 0 Å². The molecule has 1 atom stereocenters. The second-order valence-corrected chi connectivity index (χ2v) is 8.59. The molecule has 1 unspecified atom stereocenters. The van der Waals surface area contributed by atoms with Gasteiger partial charge in [-0.2, -0.15) is 0 Å². The van der Waals surface area contributed by atoms with E-state index >= 15 is 0 Å². The van der Waals surface area contributed by atoms with Gasteiger partial charge in [0.05, 0.1) is 0 Å². The summed E-state index contributed by atoms with van der Waals surface area (Å²) >= 11 is 0. The van der Waals surface area contributed by atoms with Gasteiger partial charge in [0.15, 0.2) is 0 Å². The standard InChI is InChI=1S/C27H26.3C2H6/c1-6-10-20-17(3)27(4,5)23-14-9-11-18-15-22-21-13-8-7-12-19(21)16(2)24(22)26(20)25(18)23;3*1-2/h6-16H,1-5H3;3*1-2H3/b10-6-;;;. The zero-order valence-electron chi connectivity index (χ0n) is 22.9. The summed E-state index contributed by atoms with van der Waals surface area (Å²) in [5.74, 6) is 0.429. The minimum atomic E-state index is 0.0459. The van der Waals surface area contributed by atoms with Crippen LogP contribution in [-0.2, 0) is 5.41 Å². The molecule has 0 heterocycles. The Morgan fingerprint density at radius 1 is 0.818 bits per heavy atom. The van der Waals surface area contributed by atoms with Crippen molar-refractivity contribution in [3.63, 3.8) is 0 Å². The molecule has 2 aliphatic carbocycles. The van der Waals surface area contributed by atoms with E-state index in [1.54, 1.807) is 0 Å². The molecule has 0 amide bonds. The third-order valence-electron chi connectivity index (χ3n) is 6.97. The van der Waals surface area contributed by atoms with E-state index in [-0.39, 0.29) is 5.41 Å². The molecule has 0 radical (unpaired) electrons. The normalized spacial score (nSPS) is 16.6.